The van der Waals surface area contributed by atoms with Crippen molar-refractivity contribution in [2.75, 3.05) is 13.6 Å². The zero-order chi connectivity index (χ0) is 14.6. The van der Waals surface area contributed by atoms with Gasteiger partial charge in [0.25, 0.3) is 10.2 Å². The molecule has 1 fully saturated rings. The molecular weight excluding hydrogens is 276 g/mol. The number of nitrogens with zero attached hydrogens (tertiary/aromatic N) is 1. The Balaban J connectivity index is 2.01. The van der Waals surface area contributed by atoms with Crippen molar-refractivity contribution in [1.82, 2.24) is 9.03 Å². The Morgan fingerprint density at radius 2 is 2.00 bits per heavy atom. The number of nitrogens with one attached hydrogen (secondary N) is 1. The second-order valence-corrected chi connectivity index (χ2v) is 6.85. The normalized spacial score (nSPS) is 23.1. The van der Waals surface area contributed by atoms with Gasteiger partial charge in [-0.1, -0.05) is 25.1 Å². The van der Waals surface area contributed by atoms with Gasteiger partial charge in [0.05, 0.1) is 6.04 Å². The van der Waals surface area contributed by atoms with E-state index in [9.17, 15) is 8.42 Å². The Labute approximate surface area is 121 Å². The van der Waals surface area contributed by atoms with Gasteiger partial charge in [0.2, 0.25) is 0 Å². The standard InChI is InChI=1S/C14H22N2O3S/c1-3-16(2)20(17,18)15-13-10-7-11-14(13)19-12-8-5-4-6-9-12/h4-6,8-9,13-15H,3,7,10-11H2,1-2H3. The molecule has 2 unspecified atom stereocenters. The molecule has 2 rings (SSSR count). The molecule has 112 valence electrons. The molecule has 20 heavy (non-hydrogen) atoms. The van der Waals surface area contributed by atoms with Crippen molar-refractivity contribution in [2.45, 2.75) is 38.3 Å². The van der Waals surface area contributed by atoms with E-state index in [1.807, 2.05) is 37.3 Å². The van der Waals surface area contributed by atoms with Crippen LogP contribution >= 0.6 is 0 Å². The maximum atomic E-state index is 12.1. The van der Waals surface area contributed by atoms with Crippen molar-refractivity contribution in [3.8, 4) is 5.75 Å². The van der Waals surface area contributed by atoms with Gasteiger partial charge in [-0.25, -0.2) is 0 Å². The Morgan fingerprint density at radius 3 is 2.65 bits per heavy atom. The van der Waals surface area contributed by atoms with E-state index in [2.05, 4.69) is 4.72 Å². The van der Waals surface area contributed by atoms with Crippen molar-refractivity contribution < 1.29 is 13.2 Å². The van der Waals surface area contributed by atoms with Crippen LogP contribution in [-0.2, 0) is 10.2 Å². The highest BCUT2D eigenvalue weighted by molar-refractivity contribution is 7.87. The van der Waals surface area contributed by atoms with E-state index in [-0.39, 0.29) is 12.1 Å². The van der Waals surface area contributed by atoms with E-state index in [4.69, 9.17) is 4.74 Å². The third kappa shape index (κ3) is 3.71. The molecule has 1 N–H and O–H groups in total. The minimum absolute atomic E-state index is 0.0996. The fraction of sp³-hybridized carbons (Fsp3) is 0.571. The molecular formula is C14H22N2O3S. The summed E-state index contributed by atoms with van der Waals surface area (Å²) in [5.41, 5.74) is 0. The fourth-order valence-corrected chi connectivity index (χ4v) is 3.50. The lowest BCUT2D eigenvalue weighted by Crippen LogP contribution is -2.47. The predicted octanol–water partition coefficient (Wildman–Crippen LogP) is 1.77. The molecule has 0 heterocycles. The van der Waals surface area contributed by atoms with E-state index < -0.39 is 10.2 Å². The second kappa shape index (κ2) is 6.56. The van der Waals surface area contributed by atoms with Crippen molar-refractivity contribution in [3.63, 3.8) is 0 Å². The van der Waals surface area contributed by atoms with Gasteiger partial charge in [0.1, 0.15) is 11.9 Å². The molecule has 0 spiro atoms. The summed E-state index contributed by atoms with van der Waals surface area (Å²) < 4.78 is 34.1. The van der Waals surface area contributed by atoms with Crippen LogP contribution in [0.15, 0.2) is 30.3 Å². The van der Waals surface area contributed by atoms with Crippen molar-refractivity contribution in [1.29, 1.82) is 0 Å². The lowest BCUT2D eigenvalue weighted by Gasteiger charge is -2.24. The van der Waals surface area contributed by atoms with Gasteiger partial charge < -0.3 is 4.74 Å². The highest BCUT2D eigenvalue weighted by Gasteiger charge is 2.33. The summed E-state index contributed by atoms with van der Waals surface area (Å²) in [6.45, 7) is 2.26. The molecule has 0 saturated heterocycles. The van der Waals surface area contributed by atoms with E-state index in [1.165, 1.54) is 4.31 Å². The molecule has 1 aromatic rings. The van der Waals surface area contributed by atoms with E-state index in [0.29, 0.717) is 6.54 Å². The lowest BCUT2D eigenvalue weighted by atomic mass is 10.2. The second-order valence-electron chi connectivity index (χ2n) is 5.04. The van der Waals surface area contributed by atoms with Gasteiger partial charge in [-0.15, -0.1) is 0 Å². The molecule has 6 heteroatoms. The molecule has 1 aliphatic carbocycles. The van der Waals surface area contributed by atoms with Crippen LogP contribution in [0.3, 0.4) is 0 Å². The summed E-state index contributed by atoms with van der Waals surface area (Å²) in [7, 11) is -1.84. The molecule has 0 aromatic heterocycles. The molecule has 1 aromatic carbocycles. The number of ether oxygens (including phenoxy) is 1. The quantitative estimate of drug-likeness (QED) is 0.871. The van der Waals surface area contributed by atoms with Crippen LogP contribution < -0.4 is 9.46 Å². The Bertz CT molecular complexity index is 518. The fourth-order valence-electron chi connectivity index (χ4n) is 2.33. The number of hydrogen-bond acceptors (Lipinski definition) is 3. The smallest absolute Gasteiger partial charge is 0.279 e. The highest BCUT2D eigenvalue weighted by Crippen LogP contribution is 2.25. The SMILES string of the molecule is CCN(C)S(=O)(=O)NC1CCCC1Oc1ccccc1. The molecule has 0 bridgehead atoms. The number of benzene rings is 1. The summed E-state index contributed by atoms with van der Waals surface area (Å²) in [6, 6.07) is 9.37. The average molecular weight is 298 g/mol. The first kappa shape index (κ1) is 15.3. The maximum absolute atomic E-state index is 12.1. The minimum Gasteiger partial charge on any atom is -0.489 e. The van der Waals surface area contributed by atoms with Crippen LogP contribution in [0.4, 0.5) is 0 Å². The Morgan fingerprint density at radius 1 is 1.30 bits per heavy atom. The summed E-state index contributed by atoms with van der Waals surface area (Å²) >= 11 is 0. The maximum Gasteiger partial charge on any atom is 0.279 e. The summed E-state index contributed by atoms with van der Waals surface area (Å²) in [5.74, 6) is 0.785. The first-order chi connectivity index (χ1) is 9.53. The van der Waals surface area contributed by atoms with E-state index in [0.717, 1.165) is 25.0 Å². The lowest BCUT2D eigenvalue weighted by molar-refractivity contribution is 0.184. The zero-order valence-corrected chi connectivity index (χ0v) is 12.8. The van der Waals surface area contributed by atoms with Crippen LogP contribution in [-0.4, -0.2) is 38.5 Å². The first-order valence-corrected chi connectivity index (χ1v) is 8.42. The average Bonchev–Trinajstić information content (AvgIpc) is 2.85. The largest absolute Gasteiger partial charge is 0.489 e. The van der Waals surface area contributed by atoms with Gasteiger partial charge in [0, 0.05) is 13.6 Å². The number of para-hydroxylation sites is 1. The van der Waals surface area contributed by atoms with E-state index >= 15 is 0 Å². The van der Waals surface area contributed by atoms with Gasteiger partial charge in [-0.2, -0.15) is 17.4 Å². The minimum atomic E-state index is -3.42. The van der Waals surface area contributed by atoms with Gasteiger partial charge in [-0.05, 0) is 31.4 Å². The van der Waals surface area contributed by atoms with E-state index in [1.54, 1.807) is 7.05 Å². The van der Waals surface area contributed by atoms with Gasteiger partial charge >= 0.3 is 0 Å². The highest BCUT2D eigenvalue weighted by atomic mass is 32.2. The van der Waals surface area contributed by atoms with Crippen LogP contribution in [0.2, 0.25) is 0 Å². The molecule has 0 amide bonds. The third-order valence-electron chi connectivity index (χ3n) is 3.64. The molecule has 0 radical (unpaired) electrons. The van der Waals surface area contributed by atoms with Crippen molar-refractivity contribution >= 4 is 10.2 Å². The monoisotopic (exact) mass is 298 g/mol. The topological polar surface area (TPSA) is 58.6 Å². The number of hydrogen-bond donors (Lipinski definition) is 1. The van der Waals surface area contributed by atoms with Crippen LogP contribution in [0.5, 0.6) is 5.75 Å². The molecule has 1 aliphatic rings. The van der Waals surface area contributed by atoms with Crippen LogP contribution in [0.25, 0.3) is 0 Å². The first-order valence-electron chi connectivity index (χ1n) is 6.98. The summed E-state index contributed by atoms with van der Waals surface area (Å²) in [5, 5.41) is 0. The molecule has 0 aliphatic heterocycles. The Kier molecular flexibility index (Phi) is 5.01. The molecule has 2 atom stereocenters. The predicted molar refractivity (Wildman–Crippen MR) is 78.9 cm³/mol. The molecule has 5 nitrogen and oxygen atoms in total. The van der Waals surface area contributed by atoms with Crippen molar-refractivity contribution in [2.24, 2.45) is 0 Å². The van der Waals surface area contributed by atoms with Gasteiger partial charge in [-0.3, -0.25) is 0 Å². The van der Waals surface area contributed by atoms with Crippen molar-refractivity contribution in [3.05, 3.63) is 30.3 Å². The summed E-state index contributed by atoms with van der Waals surface area (Å²) in [6.07, 6.45) is 2.56. The molecule has 1 saturated carbocycles. The van der Waals surface area contributed by atoms with Crippen LogP contribution in [0.1, 0.15) is 26.2 Å². The van der Waals surface area contributed by atoms with Gasteiger partial charge in [0.15, 0.2) is 0 Å². The third-order valence-corrected chi connectivity index (χ3v) is 5.32. The Hall–Kier alpha value is -1.11. The number of rotatable bonds is 6. The van der Waals surface area contributed by atoms with Crippen LogP contribution in [0, 0.1) is 0 Å². The zero-order valence-electron chi connectivity index (χ0n) is 12.0. The summed E-state index contributed by atoms with van der Waals surface area (Å²) in [4.78, 5) is 0.